The first-order valence-corrected chi connectivity index (χ1v) is 9.55. The fraction of sp³-hybridized carbons (Fsp3) is 0.263. The van der Waals surface area contributed by atoms with Crippen molar-refractivity contribution in [1.82, 2.24) is 15.1 Å². The topological polar surface area (TPSA) is 88.3 Å². The Morgan fingerprint density at radius 1 is 1.07 bits per heavy atom. The molecule has 2 aromatic heterocycles. The molecular formula is C19H18N4O3S. The monoisotopic (exact) mass is 382 g/mol. The molecule has 2 amide bonds. The molecule has 4 rings (SSSR count). The molecule has 27 heavy (non-hydrogen) atoms. The van der Waals surface area contributed by atoms with Gasteiger partial charge in [0.25, 0.3) is 5.91 Å². The molecule has 0 bridgehead atoms. The van der Waals surface area contributed by atoms with Crippen LogP contribution in [0.15, 0.2) is 53.1 Å². The van der Waals surface area contributed by atoms with Crippen LogP contribution in [0.5, 0.6) is 0 Å². The lowest BCUT2D eigenvalue weighted by molar-refractivity contribution is -0.121. The Labute approximate surface area is 160 Å². The molecule has 0 atom stereocenters. The second-order valence-electron chi connectivity index (χ2n) is 6.31. The quantitative estimate of drug-likeness (QED) is 0.748. The van der Waals surface area contributed by atoms with E-state index in [1.54, 1.807) is 17.0 Å². The number of piperidine rings is 1. The van der Waals surface area contributed by atoms with E-state index < -0.39 is 0 Å². The number of carbonyl (C=O) groups excluding carboxylic acids is 2. The number of likely N-dealkylation sites (tertiary alicyclic amines) is 1. The molecule has 0 radical (unpaired) electrons. The Kier molecular flexibility index (Phi) is 4.97. The van der Waals surface area contributed by atoms with Gasteiger partial charge in [-0.3, -0.25) is 9.59 Å². The zero-order valence-electron chi connectivity index (χ0n) is 14.5. The lowest BCUT2D eigenvalue weighted by Crippen LogP contribution is -2.41. The predicted molar refractivity (Wildman–Crippen MR) is 101 cm³/mol. The normalized spacial score (nSPS) is 14.9. The van der Waals surface area contributed by atoms with Gasteiger partial charge in [-0.05, 0) is 25.0 Å². The summed E-state index contributed by atoms with van der Waals surface area (Å²) in [6.07, 6.45) is 2.71. The van der Waals surface area contributed by atoms with Crippen molar-refractivity contribution in [3.05, 3.63) is 54.5 Å². The number of nitrogens with one attached hydrogen (secondary N) is 1. The molecule has 1 fully saturated rings. The molecule has 138 valence electrons. The van der Waals surface area contributed by atoms with Crippen molar-refractivity contribution in [1.29, 1.82) is 0 Å². The number of nitrogens with zero attached hydrogens (tertiary/aromatic N) is 3. The number of carbonyl (C=O) groups is 2. The predicted octanol–water partition coefficient (Wildman–Crippen LogP) is 3.29. The Bertz CT molecular complexity index is 916. The van der Waals surface area contributed by atoms with E-state index in [-0.39, 0.29) is 17.7 Å². The maximum Gasteiger partial charge on any atom is 0.289 e. The van der Waals surface area contributed by atoms with E-state index in [0.717, 1.165) is 10.6 Å². The third-order valence-corrected chi connectivity index (χ3v) is 5.45. The highest BCUT2D eigenvalue weighted by Gasteiger charge is 2.29. The van der Waals surface area contributed by atoms with Crippen molar-refractivity contribution >= 4 is 28.3 Å². The van der Waals surface area contributed by atoms with Gasteiger partial charge in [0.05, 0.1) is 6.26 Å². The summed E-state index contributed by atoms with van der Waals surface area (Å²) in [4.78, 5) is 26.5. The number of rotatable bonds is 4. The molecule has 1 aliphatic heterocycles. The standard InChI is InChI=1S/C19H18N4O3S/c24-16(20-19-22-21-17(27-19)14-5-2-1-3-6-14)13-8-10-23(11-9-13)18(25)15-7-4-12-26-15/h1-7,12-13H,8-11H2,(H,20,22,24). The first-order chi connectivity index (χ1) is 13.2. The fourth-order valence-electron chi connectivity index (χ4n) is 3.08. The smallest absolute Gasteiger partial charge is 0.289 e. The highest BCUT2D eigenvalue weighted by Crippen LogP contribution is 2.27. The third kappa shape index (κ3) is 3.90. The minimum atomic E-state index is -0.144. The molecule has 1 aliphatic rings. The number of furan rings is 1. The summed E-state index contributed by atoms with van der Waals surface area (Å²) in [5.41, 5.74) is 0.972. The number of amides is 2. The number of anilines is 1. The zero-order valence-corrected chi connectivity index (χ0v) is 15.3. The second-order valence-corrected chi connectivity index (χ2v) is 7.29. The summed E-state index contributed by atoms with van der Waals surface area (Å²) < 4.78 is 5.16. The van der Waals surface area contributed by atoms with Gasteiger partial charge in [-0.15, -0.1) is 10.2 Å². The average molecular weight is 382 g/mol. The van der Waals surface area contributed by atoms with E-state index in [2.05, 4.69) is 15.5 Å². The Morgan fingerprint density at radius 3 is 2.56 bits per heavy atom. The van der Waals surface area contributed by atoms with E-state index >= 15 is 0 Å². The molecule has 0 unspecified atom stereocenters. The van der Waals surface area contributed by atoms with Crippen LogP contribution in [-0.4, -0.2) is 40.0 Å². The second kappa shape index (κ2) is 7.71. The van der Waals surface area contributed by atoms with E-state index in [1.165, 1.54) is 17.6 Å². The van der Waals surface area contributed by atoms with Crippen LogP contribution in [0.4, 0.5) is 5.13 Å². The van der Waals surface area contributed by atoms with Crippen LogP contribution in [0.1, 0.15) is 23.4 Å². The van der Waals surface area contributed by atoms with Gasteiger partial charge < -0.3 is 14.6 Å². The molecular weight excluding hydrogens is 364 g/mol. The summed E-state index contributed by atoms with van der Waals surface area (Å²) in [5, 5.41) is 12.3. The van der Waals surface area contributed by atoms with Crippen molar-refractivity contribution < 1.29 is 14.0 Å². The molecule has 0 saturated carbocycles. The van der Waals surface area contributed by atoms with Gasteiger partial charge in [0.1, 0.15) is 5.01 Å². The molecule has 8 heteroatoms. The number of aromatic nitrogens is 2. The molecule has 1 N–H and O–H groups in total. The maximum absolute atomic E-state index is 12.5. The first-order valence-electron chi connectivity index (χ1n) is 8.73. The molecule has 1 saturated heterocycles. The van der Waals surface area contributed by atoms with Crippen LogP contribution < -0.4 is 5.32 Å². The highest BCUT2D eigenvalue weighted by atomic mass is 32.1. The van der Waals surface area contributed by atoms with Crippen molar-refractivity contribution in [3.63, 3.8) is 0 Å². The molecule has 3 heterocycles. The summed E-state index contributed by atoms with van der Waals surface area (Å²) >= 11 is 1.35. The summed E-state index contributed by atoms with van der Waals surface area (Å²) in [6, 6.07) is 13.1. The van der Waals surface area contributed by atoms with Crippen molar-refractivity contribution in [3.8, 4) is 10.6 Å². The SMILES string of the molecule is O=C(Nc1nnc(-c2ccccc2)s1)C1CCN(C(=O)c2ccco2)CC1. The van der Waals surface area contributed by atoms with Crippen LogP contribution in [0.2, 0.25) is 0 Å². The molecule has 1 aromatic carbocycles. The van der Waals surface area contributed by atoms with Crippen LogP contribution in [-0.2, 0) is 4.79 Å². The summed E-state index contributed by atoms with van der Waals surface area (Å²) in [5.74, 6) is -0.0127. The largest absolute Gasteiger partial charge is 0.459 e. The van der Waals surface area contributed by atoms with Gasteiger partial charge in [0.2, 0.25) is 11.0 Å². The van der Waals surface area contributed by atoms with E-state index in [0.29, 0.717) is 36.8 Å². The molecule has 0 spiro atoms. The van der Waals surface area contributed by atoms with Gasteiger partial charge in [-0.1, -0.05) is 41.7 Å². The Hall–Kier alpha value is -3.00. The molecule has 7 nitrogen and oxygen atoms in total. The molecule has 3 aromatic rings. The summed E-state index contributed by atoms with van der Waals surface area (Å²) in [6.45, 7) is 1.06. The fourth-order valence-corrected chi connectivity index (χ4v) is 3.83. The lowest BCUT2D eigenvalue weighted by Gasteiger charge is -2.30. The third-order valence-electron chi connectivity index (χ3n) is 4.56. The van der Waals surface area contributed by atoms with Crippen LogP contribution >= 0.6 is 11.3 Å². The first kappa shape index (κ1) is 17.4. The van der Waals surface area contributed by atoms with E-state index in [9.17, 15) is 9.59 Å². The maximum atomic E-state index is 12.5. The van der Waals surface area contributed by atoms with Crippen LogP contribution in [0.3, 0.4) is 0 Å². The average Bonchev–Trinajstić information content (AvgIpc) is 3.40. The Balaban J connectivity index is 1.32. The minimum absolute atomic E-state index is 0.0733. The minimum Gasteiger partial charge on any atom is -0.459 e. The van der Waals surface area contributed by atoms with Gasteiger partial charge in [0.15, 0.2) is 5.76 Å². The number of hydrogen-bond donors (Lipinski definition) is 1. The Morgan fingerprint density at radius 2 is 1.85 bits per heavy atom. The molecule has 0 aliphatic carbocycles. The van der Waals surface area contributed by atoms with E-state index in [4.69, 9.17) is 4.42 Å². The van der Waals surface area contributed by atoms with E-state index in [1.807, 2.05) is 30.3 Å². The number of benzene rings is 1. The van der Waals surface area contributed by atoms with Gasteiger partial charge in [0, 0.05) is 24.6 Å². The van der Waals surface area contributed by atoms with Crippen LogP contribution in [0.25, 0.3) is 10.6 Å². The summed E-state index contributed by atoms with van der Waals surface area (Å²) in [7, 11) is 0. The zero-order chi connectivity index (χ0) is 18.6. The van der Waals surface area contributed by atoms with Gasteiger partial charge >= 0.3 is 0 Å². The lowest BCUT2D eigenvalue weighted by atomic mass is 9.96. The number of hydrogen-bond acceptors (Lipinski definition) is 6. The van der Waals surface area contributed by atoms with Crippen LogP contribution in [0, 0.1) is 5.92 Å². The van der Waals surface area contributed by atoms with Crippen molar-refractivity contribution in [2.75, 3.05) is 18.4 Å². The van der Waals surface area contributed by atoms with Gasteiger partial charge in [-0.25, -0.2) is 0 Å². The van der Waals surface area contributed by atoms with Crippen molar-refractivity contribution in [2.24, 2.45) is 5.92 Å². The highest BCUT2D eigenvalue weighted by molar-refractivity contribution is 7.18. The van der Waals surface area contributed by atoms with Gasteiger partial charge in [-0.2, -0.15) is 0 Å². The van der Waals surface area contributed by atoms with Crippen molar-refractivity contribution in [2.45, 2.75) is 12.8 Å².